The zero-order valence-electron chi connectivity index (χ0n) is 8.82. The highest BCUT2D eigenvalue weighted by Gasteiger charge is 2.21. The van der Waals surface area contributed by atoms with E-state index in [1.807, 2.05) is 0 Å². The Morgan fingerprint density at radius 2 is 2.13 bits per heavy atom. The van der Waals surface area contributed by atoms with Gasteiger partial charge in [0.25, 0.3) is 0 Å². The van der Waals surface area contributed by atoms with Gasteiger partial charge in [0.05, 0.1) is 0 Å². The molecule has 1 aliphatic carbocycles. The Morgan fingerprint density at radius 1 is 1.20 bits per heavy atom. The molecule has 1 unspecified atom stereocenters. The van der Waals surface area contributed by atoms with Crippen LogP contribution in [0.25, 0.3) is 6.08 Å². The van der Waals surface area contributed by atoms with Crippen molar-refractivity contribution in [2.45, 2.75) is 19.3 Å². The molecule has 0 spiro atoms. The summed E-state index contributed by atoms with van der Waals surface area (Å²) in [5.41, 5.74) is 4.50. The van der Waals surface area contributed by atoms with Gasteiger partial charge in [0.15, 0.2) is 0 Å². The van der Waals surface area contributed by atoms with E-state index >= 15 is 0 Å². The average Bonchev–Trinajstić information content (AvgIpc) is 2.50. The molecule has 0 N–H and O–H groups in total. The van der Waals surface area contributed by atoms with Crippen LogP contribution in [0.15, 0.2) is 34.8 Å². The van der Waals surface area contributed by atoms with Crippen LogP contribution in [0.3, 0.4) is 0 Å². The molecule has 1 heterocycles. The normalized spacial score (nSPS) is 23.7. The van der Waals surface area contributed by atoms with Gasteiger partial charge in [-0.1, -0.05) is 35.9 Å². The van der Waals surface area contributed by atoms with Crippen molar-refractivity contribution in [3.05, 3.63) is 41.0 Å². The Balaban J connectivity index is 2.02. The van der Waals surface area contributed by atoms with Gasteiger partial charge in [0.2, 0.25) is 0 Å². The van der Waals surface area contributed by atoms with Crippen LogP contribution < -0.4 is 0 Å². The van der Waals surface area contributed by atoms with E-state index in [2.05, 4.69) is 41.5 Å². The van der Waals surface area contributed by atoms with Gasteiger partial charge in [-0.05, 0) is 29.9 Å². The molecular weight excluding hydrogens is 182 g/mol. The summed E-state index contributed by atoms with van der Waals surface area (Å²) in [4.78, 5) is 4.39. The Kier molecular flexibility index (Phi) is 2.17. The second-order valence-corrected chi connectivity index (χ2v) is 4.40. The number of aliphatic imine (C=N–C) groups is 1. The van der Waals surface area contributed by atoms with Crippen molar-refractivity contribution >= 4 is 12.3 Å². The summed E-state index contributed by atoms with van der Waals surface area (Å²) in [6, 6.07) is 8.75. The maximum atomic E-state index is 4.39. The lowest BCUT2D eigenvalue weighted by atomic mass is 9.81. The van der Waals surface area contributed by atoms with Crippen molar-refractivity contribution in [1.29, 1.82) is 0 Å². The molecule has 1 aromatic carbocycles. The van der Waals surface area contributed by atoms with E-state index in [0.29, 0.717) is 0 Å². The first kappa shape index (κ1) is 8.90. The molecule has 1 nitrogen and oxygen atoms in total. The van der Waals surface area contributed by atoms with Gasteiger partial charge in [-0.15, -0.1) is 0 Å². The third kappa shape index (κ3) is 1.63. The maximum absolute atomic E-state index is 4.39. The molecule has 1 aromatic rings. The lowest BCUT2D eigenvalue weighted by Crippen LogP contribution is -2.13. The third-order valence-electron chi connectivity index (χ3n) is 3.45. The van der Waals surface area contributed by atoms with E-state index in [0.717, 1.165) is 18.9 Å². The Morgan fingerprint density at radius 3 is 3.13 bits per heavy atom. The first-order valence-electron chi connectivity index (χ1n) is 5.70. The van der Waals surface area contributed by atoms with E-state index < -0.39 is 0 Å². The lowest BCUT2D eigenvalue weighted by molar-refractivity contribution is 0.565. The first-order valence-corrected chi connectivity index (χ1v) is 5.70. The van der Waals surface area contributed by atoms with E-state index in [1.165, 1.54) is 24.0 Å². The smallest absolute Gasteiger partial charge is 0.0391 e. The Labute approximate surface area is 90.5 Å². The van der Waals surface area contributed by atoms with Crippen molar-refractivity contribution in [2.24, 2.45) is 10.9 Å². The fourth-order valence-corrected chi connectivity index (χ4v) is 2.58. The monoisotopic (exact) mass is 197 g/mol. The van der Waals surface area contributed by atoms with Crippen LogP contribution in [0, 0.1) is 5.92 Å². The van der Waals surface area contributed by atoms with Gasteiger partial charge in [-0.3, -0.25) is 4.99 Å². The topological polar surface area (TPSA) is 12.4 Å². The molecule has 3 rings (SSSR count). The van der Waals surface area contributed by atoms with Gasteiger partial charge >= 0.3 is 0 Å². The van der Waals surface area contributed by atoms with Crippen LogP contribution in [0.1, 0.15) is 24.0 Å². The van der Waals surface area contributed by atoms with Crippen molar-refractivity contribution in [3.63, 3.8) is 0 Å². The summed E-state index contributed by atoms with van der Waals surface area (Å²) >= 11 is 0. The fraction of sp³-hybridized carbons (Fsp3) is 0.357. The van der Waals surface area contributed by atoms with Gasteiger partial charge in [-0.2, -0.15) is 0 Å². The lowest BCUT2D eigenvalue weighted by Gasteiger charge is -2.23. The second-order valence-electron chi connectivity index (χ2n) is 4.40. The van der Waals surface area contributed by atoms with Crippen molar-refractivity contribution < 1.29 is 0 Å². The standard InChI is InChI=1S/C14H15N/c1-2-4-12-10-14-6-8-15-7-5-13(14)9-11(12)3-1/h1-4,7,9,14H,5-6,8,10H2. The van der Waals surface area contributed by atoms with Crippen LogP contribution in [0.5, 0.6) is 0 Å². The van der Waals surface area contributed by atoms with Crippen LogP contribution >= 0.6 is 0 Å². The van der Waals surface area contributed by atoms with Crippen molar-refractivity contribution in [3.8, 4) is 0 Å². The number of fused-ring (bicyclic) bond motifs is 2. The van der Waals surface area contributed by atoms with E-state index in [1.54, 1.807) is 5.57 Å². The molecule has 1 heteroatoms. The van der Waals surface area contributed by atoms with Gasteiger partial charge < -0.3 is 0 Å². The number of rotatable bonds is 0. The van der Waals surface area contributed by atoms with Gasteiger partial charge in [0, 0.05) is 19.2 Å². The molecule has 2 aliphatic rings. The Hall–Kier alpha value is -1.37. The van der Waals surface area contributed by atoms with Crippen LogP contribution in [0.4, 0.5) is 0 Å². The number of allylic oxidation sites excluding steroid dienone is 1. The average molecular weight is 197 g/mol. The summed E-state index contributed by atoms with van der Waals surface area (Å²) in [7, 11) is 0. The van der Waals surface area contributed by atoms with E-state index in [-0.39, 0.29) is 0 Å². The predicted octanol–water partition coefficient (Wildman–Crippen LogP) is 3.11. The molecule has 1 aliphatic heterocycles. The molecule has 0 fully saturated rings. The summed E-state index contributed by atoms with van der Waals surface area (Å²) in [6.45, 7) is 1.00. The number of nitrogens with zero attached hydrogens (tertiary/aromatic N) is 1. The largest absolute Gasteiger partial charge is 0.297 e. The van der Waals surface area contributed by atoms with Crippen LogP contribution in [-0.2, 0) is 6.42 Å². The molecule has 0 radical (unpaired) electrons. The molecule has 76 valence electrons. The Bertz CT molecular complexity index is 429. The highest BCUT2D eigenvalue weighted by molar-refractivity contribution is 5.69. The third-order valence-corrected chi connectivity index (χ3v) is 3.45. The quantitative estimate of drug-likeness (QED) is 0.606. The highest BCUT2D eigenvalue weighted by atomic mass is 14.7. The highest BCUT2D eigenvalue weighted by Crippen LogP contribution is 2.32. The van der Waals surface area contributed by atoms with Crippen LogP contribution in [-0.4, -0.2) is 12.8 Å². The first-order chi connectivity index (χ1) is 7.43. The van der Waals surface area contributed by atoms with Gasteiger partial charge in [0.1, 0.15) is 0 Å². The summed E-state index contributed by atoms with van der Waals surface area (Å²) in [6.07, 6.45) is 7.95. The maximum Gasteiger partial charge on any atom is 0.0391 e. The molecule has 0 bridgehead atoms. The molecule has 0 saturated heterocycles. The minimum Gasteiger partial charge on any atom is -0.297 e. The zero-order chi connectivity index (χ0) is 10.1. The SMILES string of the molecule is C1=NCCC2Cc3ccccc3C=C2C1. The molecular formula is C14H15N. The van der Waals surface area contributed by atoms with E-state index in [4.69, 9.17) is 0 Å². The number of hydrogen-bond donors (Lipinski definition) is 0. The van der Waals surface area contributed by atoms with Crippen molar-refractivity contribution in [1.82, 2.24) is 0 Å². The fourth-order valence-electron chi connectivity index (χ4n) is 2.58. The molecule has 15 heavy (non-hydrogen) atoms. The zero-order valence-corrected chi connectivity index (χ0v) is 8.82. The number of benzene rings is 1. The van der Waals surface area contributed by atoms with E-state index in [9.17, 15) is 0 Å². The second kappa shape index (κ2) is 3.65. The molecule has 0 amide bonds. The van der Waals surface area contributed by atoms with Gasteiger partial charge in [-0.25, -0.2) is 0 Å². The predicted molar refractivity (Wildman–Crippen MR) is 64.2 cm³/mol. The number of hydrogen-bond acceptors (Lipinski definition) is 1. The minimum absolute atomic E-state index is 0.738. The molecule has 0 aromatic heterocycles. The molecule has 1 atom stereocenters. The molecule has 0 saturated carbocycles. The summed E-state index contributed by atoms with van der Waals surface area (Å²) < 4.78 is 0. The van der Waals surface area contributed by atoms with Crippen molar-refractivity contribution in [2.75, 3.05) is 6.54 Å². The van der Waals surface area contributed by atoms with Crippen LogP contribution in [0.2, 0.25) is 0 Å². The summed E-state index contributed by atoms with van der Waals surface area (Å²) in [5.74, 6) is 0.738. The minimum atomic E-state index is 0.738. The summed E-state index contributed by atoms with van der Waals surface area (Å²) in [5, 5.41) is 0.